The number of hydrogen-bond donors (Lipinski definition) is 1. The predicted molar refractivity (Wildman–Crippen MR) is 50.4 cm³/mol. The van der Waals surface area contributed by atoms with Crippen LogP contribution in [0.25, 0.3) is 0 Å². The first-order chi connectivity index (χ1) is 7.11. The van der Waals surface area contributed by atoms with Gasteiger partial charge in [-0.1, -0.05) is 18.2 Å². The van der Waals surface area contributed by atoms with Gasteiger partial charge in [0, 0.05) is 12.6 Å². The Hall–Kier alpha value is -1.91. The summed E-state index contributed by atoms with van der Waals surface area (Å²) >= 11 is 0. The number of nitrogens with one attached hydrogen (secondary N) is 1. The summed E-state index contributed by atoms with van der Waals surface area (Å²) in [6, 6.07) is 4.55. The van der Waals surface area contributed by atoms with Gasteiger partial charge in [-0.25, -0.2) is 9.18 Å². The Morgan fingerprint density at radius 3 is 2.53 bits per heavy atom. The number of halogens is 1. The molecule has 1 heterocycles. The molecule has 1 aliphatic rings. The van der Waals surface area contributed by atoms with Crippen LogP contribution in [0, 0.1) is 5.82 Å². The van der Waals surface area contributed by atoms with Gasteiger partial charge < -0.3 is 4.90 Å². The van der Waals surface area contributed by atoms with E-state index in [1.807, 2.05) is 0 Å². The monoisotopic (exact) mass is 208 g/mol. The van der Waals surface area contributed by atoms with Crippen LogP contribution in [-0.2, 0) is 4.79 Å². The standard InChI is InChI=1S/C10H9FN2O2/c1-13-8(9(14)12-10(13)15)6-4-2-3-5-7(6)11/h2-5,8H,1H3,(H,12,14,15). The van der Waals surface area contributed by atoms with Crippen LogP contribution in [0.4, 0.5) is 9.18 Å². The molecule has 0 saturated carbocycles. The van der Waals surface area contributed by atoms with E-state index in [2.05, 4.69) is 5.32 Å². The first kappa shape index (κ1) is 9.64. The minimum Gasteiger partial charge on any atom is -0.311 e. The summed E-state index contributed by atoms with van der Waals surface area (Å²) < 4.78 is 13.4. The van der Waals surface area contributed by atoms with Crippen LogP contribution in [0.15, 0.2) is 24.3 Å². The number of carbonyl (C=O) groups is 2. The zero-order valence-electron chi connectivity index (χ0n) is 8.03. The van der Waals surface area contributed by atoms with E-state index < -0.39 is 23.8 Å². The van der Waals surface area contributed by atoms with Gasteiger partial charge in [0.25, 0.3) is 5.91 Å². The molecule has 1 saturated heterocycles. The highest BCUT2D eigenvalue weighted by Gasteiger charge is 2.38. The third kappa shape index (κ3) is 1.45. The fourth-order valence-electron chi connectivity index (χ4n) is 1.60. The summed E-state index contributed by atoms with van der Waals surface area (Å²) in [6.07, 6.45) is 0. The van der Waals surface area contributed by atoms with Crippen molar-refractivity contribution in [2.45, 2.75) is 6.04 Å². The second-order valence-corrected chi connectivity index (χ2v) is 3.33. The normalized spacial score (nSPS) is 20.7. The molecule has 2 rings (SSSR count). The Morgan fingerprint density at radius 2 is 2.00 bits per heavy atom. The minimum absolute atomic E-state index is 0.211. The first-order valence-corrected chi connectivity index (χ1v) is 4.43. The number of nitrogens with zero attached hydrogens (tertiary/aromatic N) is 1. The maximum atomic E-state index is 13.4. The molecule has 1 atom stereocenters. The lowest BCUT2D eigenvalue weighted by Crippen LogP contribution is -2.25. The maximum Gasteiger partial charge on any atom is 0.324 e. The highest BCUT2D eigenvalue weighted by atomic mass is 19.1. The van der Waals surface area contributed by atoms with Crippen LogP contribution >= 0.6 is 0 Å². The Labute approximate surface area is 85.7 Å². The zero-order chi connectivity index (χ0) is 11.0. The number of hydrogen-bond acceptors (Lipinski definition) is 2. The summed E-state index contributed by atoms with van der Waals surface area (Å²) in [4.78, 5) is 23.7. The van der Waals surface area contributed by atoms with E-state index in [4.69, 9.17) is 0 Å². The van der Waals surface area contributed by atoms with Crippen molar-refractivity contribution in [2.75, 3.05) is 7.05 Å². The molecule has 78 valence electrons. The molecule has 15 heavy (non-hydrogen) atoms. The molecule has 0 bridgehead atoms. The molecular weight excluding hydrogens is 199 g/mol. The second kappa shape index (κ2) is 3.34. The molecule has 4 nitrogen and oxygen atoms in total. The van der Waals surface area contributed by atoms with E-state index in [0.717, 1.165) is 0 Å². The zero-order valence-corrected chi connectivity index (χ0v) is 8.03. The summed E-state index contributed by atoms with van der Waals surface area (Å²) in [6.45, 7) is 0. The molecular formula is C10H9FN2O2. The summed E-state index contributed by atoms with van der Waals surface area (Å²) in [5, 5.41) is 2.12. The quantitative estimate of drug-likeness (QED) is 0.701. The van der Waals surface area contributed by atoms with Crippen LogP contribution < -0.4 is 5.32 Å². The summed E-state index contributed by atoms with van der Waals surface area (Å²) in [7, 11) is 1.46. The van der Waals surface area contributed by atoms with Gasteiger partial charge in [-0.2, -0.15) is 0 Å². The van der Waals surface area contributed by atoms with Gasteiger partial charge in [-0.3, -0.25) is 10.1 Å². The highest BCUT2D eigenvalue weighted by Crippen LogP contribution is 2.25. The summed E-state index contributed by atoms with van der Waals surface area (Å²) in [5.41, 5.74) is 0.211. The van der Waals surface area contributed by atoms with Crippen LogP contribution in [0.3, 0.4) is 0 Å². The van der Waals surface area contributed by atoms with Crippen molar-refractivity contribution in [1.82, 2.24) is 10.2 Å². The number of rotatable bonds is 1. The Morgan fingerprint density at radius 1 is 1.33 bits per heavy atom. The van der Waals surface area contributed by atoms with Crippen LogP contribution in [0.1, 0.15) is 11.6 Å². The topological polar surface area (TPSA) is 49.4 Å². The van der Waals surface area contributed by atoms with Crippen molar-refractivity contribution in [3.8, 4) is 0 Å². The van der Waals surface area contributed by atoms with Crippen molar-refractivity contribution in [1.29, 1.82) is 0 Å². The Kier molecular flexibility index (Phi) is 2.15. The number of benzene rings is 1. The average Bonchev–Trinajstić information content (AvgIpc) is 2.43. The summed E-state index contributed by atoms with van der Waals surface area (Å²) in [5.74, 6) is -0.980. The van der Waals surface area contributed by atoms with Gasteiger partial charge in [-0.15, -0.1) is 0 Å². The lowest BCUT2D eigenvalue weighted by Gasteiger charge is -2.16. The number of urea groups is 1. The van der Waals surface area contributed by atoms with Gasteiger partial charge in [0.05, 0.1) is 0 Å². The molecule has 1 fully saturated rings. The number of likely N-dealkylation sites (N-methyl/N-ethyl adjacent to an activating group) is 1. The lowest BCUT2D eigenvalue weighted by atomic mass is 10.1. The van der Waals surface area contributed by atoms with Gasteiger partial charge in [0.15, 0.2) is 0 Å². The van der Waals surface area contributed by atoms with E-state index in [1.165, 1.54) is 30.1 Å². The molecule has 0 aliphatic carbocycles. The lowest BCUT2D eigenvalue weighted by molar-refractivity contribution is -0.121. The van der Waals surface area contributed by atoms with Crippen molar-refractivity contribution < 1.29 is 14.0 Å². The molecule has 1 N–H and O–H groups in total. The van der Waals surface area contributed by atoms with Crippen molar-refractivity contribution in [3.05, 3.63) is 35.6 Å². The smallest absolute Gasteiger partial charge is 0.311 e. The van der Waals surface area contributed by atoms with Gasteiger partial charge in [0.2, 0.25) is 0 Å². The van der Waals surface area contributed by atoms with Crippen molar-refractivity contribution in [3.63, 3.8) is 0 Å². The third-order valence-corrected chi connectivity index (χ3v) is 2.39. The largest absolute Gasteiger partial charge is 0.324 e. The van der Waals surface area contributed by atoms with Crippen molar-refractivity contribution >= 4 is 11.9 Å². The Bertz CT molecular complexity index is 433. The van der Waals surface area contributed by atoms with Crippen LogP contribution in [-0.4, -0.2) is 23.9 Å². The predicted octanol–water partition coefficient (Wildman–Crippen LogP) is 1.05. The highest BCUT2D eigenvalue weighted by molar-refractivity contribution is 6.04. The SMILES string of the molecule is CN1C(=O)NC(=O)C1c1ccccc1F. The van der Waals surface area contributed by atoms with Crippen molar-refractivity contribution in [2.24, 2.45) is 0 Å². The van der Waals surface area contributed by atoms with Crippen LogP contribution in [0.2, 0.25) is 0 Å². The van der Waals surface area contributed by atoms with Gasteiger partial charge in [0.1, 0.15) is 11.9 Å². The molecule has 1 unspecified atom stereocenters. The molecule has 1 aromatic rings. The average molecular weight is 208 g/mol. The van der Waals surface area contributed by atoms with E-state index in [1.54, 1.807) is 6.07 Å². The maximum absolute atomic E-state index is 13.4. The number of carbonyl (C=O) groups excluding carboxylic acids is 2. The fraction of sp³-hybridized carbons (Fsp3) is 0.200. The van der Waals surface area contributed by atoms with Gasteiger partial charge in [-0.05, 0) is 6.07 Å². The third-order valence-electron chi connectivity index (χ3n) is 2.39. The second-order valence-electron chi connectivity index (χ2n) is 3.33. The molecule has 3 amide bonds. The van der Waals surface area contributed by atoms with E-state index in [0.29, 0.717) is 0 Å². The molecule has 5 heteroatoms. The molecule has 0 aromatic heterocycles. The van der Waals surface area contributed by atoms with Gasteiger partial charge >= 0.3 is 6.03 Å². The van der Waals surface area contributed by atoms with Crippen LogP contribution in [0.5, 0.6) is 0 Å². The van der Waals surface area contributed by atoms with E-state index in [9.17, 15) is 14.0 Å². The van der Waals surface area contributed by atoms with E-state index >= 15 is 0 Å². The molecule has 0 radical (unpaired) electrons. The number of imide groups is 1. The molecule has 1 aliphatic heterocycles. The minimum atomic E-state index is -0.862. The van der Waals surface area contributed by atoms with E-state index in [-0.39, 0.29) is 5.56 Å². The Balaban J connectivity index is 2.43. The fourth-order valence-corrected chi connectivity index (χ4v) is 1.60. The first-order valence-electron chi connectivity index (χ1n) is 4.43. The molecule has 0 spiro atoms. The number of amides is 3. The molecule has 1 aromatic carbocycles.